The van der Waals surface area contributed by atoms with Crippen LogP contribution in [0.15, 0.2) is 84.9 Å². The van der Waals surface area contributed by atoms with Gasteiger partial charge in [0, 0.05) is 21.8 Å². The Morgan fingerprint density at radius 3 is 2.00 bits per heavy atom. The molecule has 1 heterocycles. The van der Waals surface area contributed by atoms with E-state index in [1.54, 1.807) is 24.3 Å². The largest absolute Gasteiger partial charge is 0.326 e. The summed E-state index contributed by atoms with van der Waals surface area (Å²) >= 11 is 5.89. The number of urea groups is 1. The third-order valence-electron chi connectivity index (χ3n) is 4.47. The molecule has 0 atom stereocenters. The Kier molecular flexibility index (Phi) is 5.72. The molecule has 0 fully saturated rings. The summed E-state index contributed by atoms with van der Waals surface area (Å²) in [4.78, 5) is 21.6. The van der Waals surface area contributed by atoms with E-state index < -0.39 is 6.03 Å². The molecule has 2 N–H and O–H groups in total. The van der Waals surface area contributed by atoms with Crippen LogP contribution in [0.5, 0.6) is 0 Å². The fourth-order valence-corrected chi connectivity index (χ4v) is 3.06. The molecule has 6 heteroatoms. The number of nitrogens with zero attached hydrogens (tertiary/aromatic N) is 2. The van der Waals surface area contributed by atoms with Gasteiger partial charge in [-0.3, -0.25) is 5.32 Å². The average Bonchev–Trinajstić information content (AvgIpc) is 2.76. The van der Waals surface area contributed by atoms with E-state index in [9.17, 15) is 4.79 Å². The van der Waals surface area contributed by atoms with Crippen LogP contribution in [0.3, 0.4) is 0 Å². The van der Waals surface area contributed by atoms with Crippen molar-refractivity contribution in [3.05, 3.63) is 95.5 Å². The van der Waals surface area contributed by atoms with Crippen LogP contribution < -0.4 is 10.6 Å². The summed E-state index contributed by atoms with van der Waals surface area (Å²) in [5.74, 6) is 0.221. The molecule has 4 aromatic rings. The predicted octanol–water partition coefficient (Wildman–Crippen LogP) is 6.42. The number of benzene rings is 3. The van der Waals surface area contributed by atoms with Crippen molar-refractivity contribution in [2.75, 3.05) is 10.6 Å². The lowest BCUT2D eigenvalue weighted by Gasteiger charge is -2.11. The van der Waals surface area contributed by atoms with Gasteiger partial charge in [0.05, 0.1) is 11.4 Å². The summed E-state index contributed by atoms with van der Waals surface area (Å²) < 4.78 is 0. The molecule has 0 aliphatic rings. The zero-order chi connectivity index (χ0) is 20.9. The molecule has 0 spiro atoms. The number of amides is 2. The van der Waals surface area contributed by atoms with Gasteiger partial charge < -0.3 is 5.32 Å². The summed E-state index contributed by atoms with van der Waals surface area (Å²) in [6.07, 6.45) is 0. The van der Waals surface area contributed by atoms with Gasteiger partial charge in [0.1, 0.15) is 0 Å². The molecule has 0 bridgehead atoms. The third-order valence-corrected chi connectivity index (χ3v) is 4.72. The topological polar surface area (TPSA) is 66.9 Å². The van der Waals surface area contributed by atoms with Gasteiger partial charge >= 0.3 is 6.03 Å². The van der Waals surface area contributed by atoms with Crippen molar-refractivity contribution in [2.45, 2.75) is 6.92 Å². The number of hydrogen-bond donors (Lipinski definition) is 2. The molecule has 1 aromatic heterocycles. The number of carbonyl (C=O) groups excluding carboxylic acids is 1. The molecule has 0 radical (unpaired) electrons. The van der Waals surface area contributed by atoms with Crippen molar-refractivity contribution in [2.24, 2.45) is 0 Å². The first-order valence-electron chi connectivity index (χ1n) is 9.42. The number of halogens is 1. The lowest BCUT2D eigenvalue weighted by Crippen LogP contribution is -2.21. The Morgan fingerprint density at radius 2 is 1.37 bits per heavy atom. The van der Waals surface area contributed by atoms with E-state index in [0.717, 1.165) is 28.1 Å². The molecular formula is C24H19ClN4O. The number of aromatic nitrogens is 2. The molecule has 5 nitrogen and oxygen atoms in total. The summed E-state index contributed by atoms with van der Waals surface area (Å²) in [5, 5.41) is 6.09. The maximum absolute atomic E-state index is 12.5. The van der Waals surface area contributed by atoms with Crippen molar-refractivity contribution in [1.29, 1.82) is 0 Å². The number of anilines is 2. The molecular weight excluding hydrogens is 396 g/mol. The lowest BCUT2D eigenvalue weighted by molar-refractivity contribution is 0.262. The first kappa shape index (κ1) is 19.6. The van der Waals surface area contributed by atoms with Crippen molar-refractivity contribution in [3.63, 3.8) is 0 Å². The van der Waals surface area contributed by atoms with Crippen LogP contribution in [0.1, 0.15) is 5.56 Å². The molecule has 30 heavy (non-hydrogen) atoms. The van der Waals surface area contributed by atoms with E-state index in [-0.39, 0.29) is 5.95 Å². The van der Waals surface area contributed by atoms with Gasteiger partial charge in [-0.2, -0.15) is 0 Å². The highest BCUT2D eigenvalue weighted by Gasteiger charge is 2.11. The number of hydrogen-bond acceptors (Lipinski definition) is 3. The second-order valence-electron chi connectivity index (χ2n) is 6.78. The average molecular weight is 415 g/mol. The van der Waals surface area contributed by atoms with E-state index in [4.69, 9.17) is 11.6 Å². The minimum absolute atomic E-state index is 0.221. The van der Waals surface area contributed by atoms with Gasteiger partial charge in [0.25, 0.3) is 0 Å². The molecule has 2 amide bonds. The van der Waals surface area contributed by atoms with Crippen molar-refractivity contribution >= 4 is 29.3 Å². The normalized spacial score (nSPS) is 10.5. The monoisotopic (exact) mass is 414 g/mol. The first-order valence-corrected chi connectivity index (χ1v) is 9.80. The number of nitrogens with one attached hydrogen (secondary N) is 2. The maximum Gasteiger partial charge on any atom is 0.326 e. The molecule has 3 aromatic carbocycles. The quantitative estimate of drug-likeness (QED) is 0.405. The van der Waals surface area contributed by atoms with E-state index in [1.807, 2.05) is 67.6 Å². The fourth-order valence-electron chi connectivity index (χ4n) is 2.93. The maximum atomic E-state index is 12.5. The van der Waals surface area contributed by atoms with E-state index in [1.165, 1.54) is 0 Å². The van der Waals surface area contributed by atoms with Crippen molar-refractivity contribution < 1.29 is 4.79 Å². The molecule has 4 rings (SSSR count). The van der Waals surface area contributed by atoms with Gasteiger partial charge in [0.15, 0.2) is 0 Å². The Labute approximate surface area is 179 Å². The van der Waals surface area contributed by atoms with Crippen LogP contribution in [0, 0.1) is 6.92 Å². The highest BCUT2D eigenvalue weighted by atomic mass is 35.5. The van der Waals surface area contributed by atoms with Crippen molar-refractivity contribution in [1.82, 2.24) is 9.97 Å². The van der Waals surface area contributed by atoms with Crippen LogP contribution >= 0.6 is 11.6 Å². The summed E-state index contributed by atoms with van der Waals surface area (Å²) in [7, 11) is 0. The van der Waals surface area contributed by atoms with Gasteiger partial charge in [-0.05, 0) is 37.3 Å². The van der Waals surface area contributed by atoms with E-state index in [0.29, 0.717) is 10.7 Å². The van der Waals surface area contributed by atoms with Crippen LogP contribution in [-0.4, -0.2) is 16.0 Å². The zero-order valence-corrected chi connectivity index (χ0v) is 17.0. The van der Waals surface area contributed by atoms with Gasteiger partial charge in [0.2, 0.25) is 5.95 Å². The predicted molar refractivity (Wildman–Crippen MR) is 122 cm³/mol. The van der Waals surface area contributed by atoms with Crippen molar-refractivity contribution in [3.8, 4) is 22.5 Å². The lowest BCUT2D eigenvalue weighted by atomic mass is 10.1. The Balaban J connectivity index is 1.65. The highest BCUT2D eigenvalue weighted by Crippen LogP contribution is 2.25. The third kappa shape index (κ3) is 4.82. The smallest absolute Gasteiger partial charge is 0.308 e. The standard InChI is InChI=1S/C24H19ClN4O/c1-16-7-9-18(10-8-16)22-15-21(17-5-3-2-4-6-17)27-23(28-22)29-24(30)26-20-13-11-19(25)12-14-20/h2-15H,1H3,(H2,26,27,28,29,30). The molecule has 0 aliphatic carbocycles. The van der Waals surface area contributed by atoms with Gasteiger partial charge in [-0.1, -0.05) is 71.8 Å². The van der Waals surface area contributed by atoms with Gasteiger partial charge in [-0.15, -0.1) is 0 Å². The highest BCUT2D eigenvalue weighted by molar-refractivity contribution is 6.30. The molecule has 0 saturated heterocycles. The molecule has 0 saturated carbocycles. The SMILES string of the molecule is Cc1ccc(-c2cc(-c3ccccc3)nc(NC(=O)Nc3ccc(Cl)cc3)n2)cc1. The first-order chi connectivity index (χ1) is 14.6. The molecule has 148 valence electrons. The number of rotatable bonds is 4. The summed E-state index contributed by atoms with van der Waals surface area (Å²) in [6.45, 7) is 2.03. The van der Waals surface area contributed by atoms with Gasteiger partial charge in [-0.25, -0.2) is 14.8 Å². The zero-order valence-electron chi connectivity index (χ0n) is 16.3. The fraction of sp³-hybridized carbons (Fsp3) is 0.0417. The number of carbonyl (C=O) groups is 1. The van der Waals surface area contributed by atoms with E-state index in [2.05, 4.69) is 20.6 Å². The van der Waals surface area contributed by atoms with Crippen LogP contribution in [-0.2, 0) is 0 Å². The summed E-state index contributed by atoms with van der Waals surface area (Å²) in [6, 6.07) is 26.2. The molecule has 0 unspecified atom stereocenters. The Hall–Kier alpha value is -3.70. The van der Waals surface area contributed by atoms with Crippen LogP contribution in [0.2, 0.25) is 5.02 Å². The Morgan fingerprint density at radius 1 is 0.767 bits per heavy atom. The summed E-state index contributed by atoms with van der Waals surface area (Å²) in [5.41, 5.74) is 5.12. The Bertz CT molecular complexity index is 1160. The number of aryl methyl sites for hydroxylation is 1. The minimum Gasteiger partial charge on any atom is -0.308 e. The van der Waals surface area contributed by atoms with E-state index >= 15 is 0 Å². The second-order valence-corrected chi connectivity index (χ2v) is 7.22. The second kappa shape index (κ2) is 8.76. The van der Waals surface area contributed by atoms with Crippen LogP contribution in [0.25, 0.3) is 22.5 Å². The minimum atomic E-state index is -0.433. The molecule has 0 aliphatic heterocycles. The van der Waals surface area contributed by atoms with Crippen LogP contribution in [0.4, 0.5) is 16.4 Å².